The van der Waals surface area contributed by atoms with Crippen molar-refractivity contribution in [3.8, 4) is 0 Å². The molecule has 0 amide bonds. The van der Waals surface area contributed by atoms with Crippen LogP contribution in [0.1, 0.15) is 10.4 Å². The lowest BCUT2D eigenvalue weighted by molar-refractivity contribution is 0.0699. The molecule has 1 aromatic heterocycles. The van der Waals surface area contributed by atoms with E-state index in [0.717, 1.165) is 4.47 Å². The lowest BCUT2D eigenvalue weighted by Crippen LogP contribution is -2.37. The van der Waals surface area contributed by atoms with Gasteiger partial charge in [0.05, 0.1) is 35.0 Å². The molecule has 1 atom stereocenters. The number of aromatic nitrogens is 1. The van der Waals surface area contributed by atoms with Gasteiger partial charge in [-0.2, -0.15) is 0 Å². The Kier molecular flexibility index (Phi) is 6.00. The molecule has 156 valence electrons. The summed E-state index contributed by atoms with van der Waals surface area (Å²) in [6.07, 6.45) is 1.57. The van der Waals surface area contributed by atoms with Crippen LogP contribution in [0, 0.1) is 0 Å². The third kappa shape index (κ3) is 4.04. The van der Waals surface area contributed by atoms with Crippen molar-refractivity contribution in [3.63, 3.8) is 0 Å². The molecule has 0 bridgehead atoms. The number of nitrogens with one attached hydrogen (secondary N) is 1. The third-order valence-corrected chi connectivity index (χ3v) is 6.77. The molecule has 0 aliphatic carbocycles. The highest BCUT2D eigenvalue weighted by molar-refractivity contribution is 9.10. The van der Waals surface area contributed by atoms with E-state index in [1.807, 2.05) is 22.5 Å². The fourth-order valence-corrected chi connectivity index (χ4v) is 4.91. The van der Waals surface area contributed by atoms with Gasteiger partial charge >= 0.3 is 5.97 Å². The van der Waals surface area contributed by atoms with Crippen LogP contribution < -0.4 is 11.1 Å². The summed E-state index contributed by atoms with van der Waals surface area (Å²) in [6.45, 7) is 2.06. The number of halogens is 1. The Morgan fingerprint density at radius 2 is 2.03 bits per heavy atom. The van der Waals surface area contributed by atoms with Crippen LogP contribution in [0.3, 0.4) is 0 Å². The van der Waals surface area contributed by atoms with E-state index >= 15 is 0 Å². The number of carbonyl (C=O) groups is 1. The number of rotatable bonds is 5. The van der Waals surface area contributed by atoms with E-state index in [-0.39, 0.29) is 11.3 Å². The Morgan fingerprint density at radius 3 is 2.77 bits per heavy atom. The predicted octanol–water partition coefficient (Wildman–Crippen LogP) is 3.38. The average molecular weight is 491 g/mol. The molecule has 1 aliphatic rings. The van der Waals surface area contributed by atoms with E-state index in [1.165, 1.54) is 6.07 Å². The zero-order chi connectivity index (χ0) is 21.3. The number of fused-ring (bicyclic) bond motifs is 1. The first kappa shape index (κ1) is 20.7. The molecule has 1 fully saturated rings. The number of carboxylic acid groups (broad SMARTS) is 1. The van der Waals surface area contributed by atoms with Crippen LogP contribution in [-0.4, -0.2) is 50.9 Å². The summed E-state index contributed by atoms with van der Waals surface area (Å²) in [7, 11) is -1.51. The first-order valence-electron chi connectivity index (χ1n) is 9.17. The van der Waals surface area contributed by atoms with E-state index < -0.39 is 17.0 Å². The van der Waals surface area contributed by atoms with Gasteiger partial charge in [-0.15, -0.1) is 0 Å². The first-order valence-corrected chi connectivity index (χ1v) is 11.1. The highest BCUT2D eigenvalue weighted by Gasteiger charge is 2.24. The number of benzene rings is 2. The van der Waals surface area contributed by atoms with E-state index in [4.69, 9.17) is 10.5 Å². The van der Waals surface area contributed by atoms with E-state index in [0.29, 0.717) is 53.5 Å². The molecule has 3 aromatic rings. The monoisotopic (exact) mass is 490 g/mol. The molecule has 0 radical (unpaired) electrons. The van der Waals surface area contributed by atoms with Crippen LogP contribution in [0.5, 0.6) is 0 Å². The summed E-state index contributed by atoms with van der Waals surface area (Å²) in [5.74, 6) is -1.15. The smallest absolute Gasteiger partial charge is 0.339 e. The summed E-state index contributed by atoms with van der Waals surface area (Å²) in [5, 5.41) is 13.5. The van der Waals surface area contributed by atoms with Crippen molar-refractivity contribution >= 4 is 60.8 Å². The maximum atomic E-state index is 13.4. The first-order chi connectivity index (χ1) is 14.5. The zero-order valence-corrected chi connectivity index (χ0v) is 18.2. The number of aromatic carboxylic acids is 1. The third-order valence-electron chi connectivity index (χ3n) is 4.76. The predicted molar refractivity (Wildman–Crippen MR) is 119 cm³/mol. The molecule has 8 nitrogen and oxygen atoms in total. The molecular formula is C20H19BrN4O4S. The van der Waals surface area contributed by atoms with Crippen molar-refractivity contribution in [3.05, 3.63) is 52.6 Å². The molecule has 1 aliphatic heterocycles. The second kappa shape index (κ2) is 8.68. The Hall–Kier alpha value is -2.53. The number of ether oxygens (including phenoxy) is 1. The Balaban J connectivity index is 1.88. The maximum absolute atomic E-state index is 13.4. The van der Waals surface area contributed by atoms with Gasteiger partial charge in [-0.1, -0.05) is 22.0 Å². The summed E-state index contributed by atoms with van der Waals surface area (Å²) in [4.78, 5) is 16.7. The zero-order valence-electron chi connectivity index (χ0n) is 15.8. The van der Waals surface area contributed by atoms with Gasteiger partial charge in [0.25, 0.3) is 0 Å². The second-order valence-electron chi connectivity index (χ2n) is 6.65. The number of nitrogens with zero attached hydrogens (tertiary/aromatic N) is 2. The van der Waals surface area contributed by atoms with Crippen molar-refractivity contribution in [1.29, 1.82) is 0 Å². The van der Waals surface area contributed by atoms with Crippen molar-refractivity contribution in [2.24, 2.45) is 0 Å². The topological polar surface area (TPSA) is 118 Å². The number of hydrogen-bond donors (Lipinski definition) is 3. The number of nitrogens with two attached hydrogens (primary N) is 1. The van der Waals surface area contributed by atoms with E-state index in [2.05, 4.69) is 26.2 Å². The average Bonchev–Trinajstić information content (AvgIpc) is 2.74. The lowest BCUT2D eigenvalue weighted by atomic mass is 10.1. The molecular weight excluding hydrogens is 472 g/mol. The van der Waals surface area contributed by atoms with Gasteiger partial charge in [0.2, 0.25) is 0 Å². The van der Waals surface area contributed by atoms with Gasteiger partial charge in [0.15, 0.2) is 0 Å². The number of hydrogen-bond acceptors (Lipinski definition) is 6. The quantitative estimate of drug-likeness (QED) is 0.469. The van der Waals surface area contributed by atoms with Gasteiger partial charge in [-0.3, -0.25) is 4.98 Å². The molecule has 2 heterocycles. The normalized spacial score (nSPS) is 15.8. The number of morpholine rings is 1. The van der Waals surface area contributed by atoms with Gasteiger partial charge in [0, 0.05) is 34.8 Å². The van der Waals surface area contributed by atoms with Gasteiger partial charge in [0.1, 0.15) is 16.5 Å². The highest BCUT2D eigenvalue weighted by atomic mass is 79.9. The summed E-state index contributed by atoms with van der Waals surface area (Å²) >= 11 is 3.47. The Bertz CT molecular complexity index is 1150. The van der Waals surface area contributed by atoms with E-state index in [1.54, 1.807) is 18.3 Å². The van der Waals surface area contributed by atoms with Crippen LogP contribution in [0.2, 0.25) is 0 Å². The van der Waals surface area contributed by atoms with Crippen molar-refractivity contribution in [2.45, 2.75) is 4.90 Å². The lowest BCUT2D eigenvalue weighted by Gasteiger charge is -2.26. The van der Waals surface area contributed by atoms with E-state index in [9.17, 15) is 14.1 Å². The molecule has 0 saturated carbocycles. The van der Waals surface area contributed by atoms with Crippen molar-refractivity contribution in [2.75, 3.05) is 37.4 Å². The fourth-order valence-electron chi connectivity index (χ4n) is 3.31. The maximum Gasteiger partial charge on any atom is 0.339 e. The Morgan fingerprint density at radius 1 is 1.27 bits per heavy atom. The number of anilines is 3. The molecule has 0 spiro atoms. The van der Waals surface area contributed by atoms with Crippen LogP contribution in [0.4, 0.5) is 17.1 Å². The summed E-state index contributed by atoms with van der Waals surface area (Å²) in [6, 6.07) is 10.4. The van der Waals surface area contributed by atoms with Crippen LogP contribution >= 0.6 is 15.9 Å². The number of carboxylic acids is 1. The standard InChI is InChI=1S/C20H19BrN4O4S/c21-12-4-5-15-13(10-12)19(24-16-3-1-2-14(22)18(16)20(26)27)17(11-23-15)30(28)25-6-8-29-9-7-25/h1-5,10-11H,6-9,22H2,(H,23,24)(H,26,27). The van der Waals surface area contributed by atoms with Crippen molar-refractivity contribution in [1.82, 2.24) is 9.29 Å². The molecule has 2 aromatic carbocycles. The highest BCUT2D eigenvalue weighted by Crippen LogP contribution is 2.35. The molecule has 30 heavy (non-hydrogen) atoms. The molecule has 4 N–H and O–H groups in total. The molecule has 1 saturated heterocycles. The minimum Gasteiger partial charge on any atom is -0.478 e. The second-order valence-corrected chi connectivity index (χ2v) is 9.02. The minimum atomic E-state index is -1.51. The van der Waals surface area contributed by atoms with Crippen molar-refractivity contribution < 1.29 is 18.8 Å². The molecule has 10 heteroatoms. The summed E-state index contributed by atoms with van der Waals surface area (Å²) in [5.41, 5.74) is 7.53. The SMILES string of the molecule is Nc1cccc(Nc2c(S(=O)N3CCOCC3)cnc3ccc(Br)cc23)c1C(=O)O. The van der Waals surface area contributed by atoms with Gasteiger partial charge in [-0.25, -0.2) is 13.3 Å². The van der Waals surface area contributed by atoms with Crippen LogP contribution in [0.15, 0.2) is 52.0 Å². The summed E-state index contributed by atoms with van der Waals surface area (Å²) < 4.78 is 21.4. The van der Waals surface area contributed by atoms with Crippen LogP contribution in [-0.2, 0) is 15.7 Å². The number of pyridine rings is 1. The molecule has 1 unspecified atom stereocenters. The minimum absolute atomic E-state index is 0.0411. The number of nitrogen functional groups attached to an aromatic ring is 1. The van der Waals surface area contributed by atoms with Gasteiger partial charge in [-0.05, 0) is 30.3 Å². The largest absolute Gasteiger partial charge is 0.478 e. The Labute approximate surface area is 183 Å². The van der Waals surface area contributed by atoms with Gasteiger partial charge < -0.3 is 20.9 Å². The molecule has 4 rings (SSSR count). The van der Waals surface area contributed by atoms with Crippen LogP contribution in [0.25, 0.3) is 10.9 Å². The fraction of sp³-hybridized carbons (Fsp3) is 0.200.